The number of rotatable bonds is 5. The number of aromatic amines is 1. The van der Waals surface area contributed by atoms with Gasteiger partial charge in [0.15, 0.2) is 0 Å². The van der Waals surface area contributed by atoms with Gasteiger partial charge < -0.3 is 10.3 Å². The average molecular weight is 444 g/mol. The maximum Gasteiger partial charge on any atom is 0.268 e. The minimum atomic E-state index is 0.0681. The van der Waals surface area contributed by atoms with E-state index in [9.17, 15) is 4.79 Å². The molecule has 2 fully saturated rings. The molecular weight excluding hydrogens is 406 g/mol. The lowest BCUT2D eigenvalue weighted by molar-refractivity contribution is 0.0921. The third-order valence-electron chi connectivity index (χ3n) is 7.90. The van der Waals surface area contributed by atoms with Gasteiger partial charge in [-0.1, -0.05) is 55.7 Å². The van der Waals surface area contributed by atoms with Crippen molar-refractivity contribution in [3.05, 3.63) is 70.4 Å². The highest BCUT2D eigenvalue weighted by Crippen LogP contribution is 2.34. The van der Waals surface area contributed by atoms with Crippen LogP contribution in [0.25, 0.3) is 10.9 Å². The molecule has 4 heteroatoms. The number of piperidine rings is 1. The molecule has 2 N–H and O–H groups in total. The summed E-state index contributed by atoms with van der Waals surface area (Å²) in [6.07, 6.45) is 8.30. The van der Waals surface area contributed by atoms with Gasteiger partial charge >= 0.3 is 0 Å². The topological polar surface area (TPSA) is 48.1 Å². The molecule has 3 aromatic rings. The van der Waals surface area contributed by atoms with Crippen LogP contribution in [0.4, 0.5) is 0 Å². The molecule has 1 saturated heterocycles. The van der Waals surface area contributed by atoms with Gasteiger partial charge in [-0.3, -0.25) is 9.69 Å². The van der Waals surface area contributed by atoms with Crippen molar-refractivity contribution in [1.29, 1.82) is 0 Å². The van der Waals surface area contributed by atoms with E-state index in [1.807, 2.05) is 6.07 Å². The Kier molecular flexibility index (Phi) is 6.55. The van der Waals surface area contributed by atoms with Crippen molar-refractivity contribution in [2.75, 3.05) is 13.1 Å². The van der Waals surface area contributed by atoms with E-state index in [0.29, 0.717) is 12.0 Å². The number of para-hydroxylation sites is 1. The molecule has 1 saturated carbocycles. The summed E-state index contributed by atoms with van der Waals surface area (Å²) in [5.74, 6) is 0.706. The number of likely N-dealkylation sites (tertiary alicyclic amines) is 1. The van der Waals surface area contributed by atoms with Crippen molar-refractivity contribution in [2.24, 2.45) is 0 Å². The number of aryl methyl sites for hydroxylation is 2. The number of fused-ring (bicyclic) bond motifs is 1. The van der Waals surface area contributed by atoms with Gasteiger partial charge in [0.25, 0.3) is 5.91 Å². The number of nitrogens with zero attached hydrogens (tertiary/aromatic N) is 1. The summed E-state index contributed by atoms with van der Waals surface area (Å²) in [6.45, 7) is 7.47. The van der Waals surface area contributed by atoms with Crippen LogP contribution in [-0.2, 0) is 6.54 Å². The van der Waals surface area contributed by atoms with Crippen LogP contribution in [0.5, 0.6) is 0 Å². The summed E-state index contributed by atoms with van der Waals surface area (Å²) < 4.78 is 0. The minimum absolute atomic E-state index is 0.0681. The fraction of sp³-hybridized carbons (Fsp3) is 0.483. The van der Waals surface area contributed by atoms with Crippen LogP contribution in [0.2, 0.25) is 0 Å². The zero-order chi connectivity index (χ0) is 22.8. The molecule has 0 unspecified atom stereocenters. The fourth-order valence-corrected chi connectivity index (χ4v) is 6.14. The molecule has 2 aromatic carbocycles. The van der Waals surface area contributed by atoms with Crippen molar-refractivity contribution in [3.8, 4) is 0 Å². The van der Waals surface area contributed by atoms with Crippen LogP contribution in [-0.4, -0.2) is 34.9 Å². The zero-order valence-electron chi connectivity index (χ0n) is 20.1. The summed E-state index contributed by atoms with van der Waals surface area (Å²) in [6, 6.07) is 15.3. The second-order valence-corrected chi connectivity index (χ2v) is 10.2. The first kappa shape index (κ1) is 22.2. The zero-order valence-corrected chi connectivity index (χ0v) is 20.1. The molecule has 2 heterocycles. The van der Waals surface area contributed by atoms with Gasteiger partial charge in [-0.05, 0) is 81.3 Å². The van der Waals surface area contributed by atoms with Crippen LogP contribution >= 0.6 is 0 Å². The van der Waals surface area contributed by atoms with E-state index < -0.39 is 0 Å². The SMILES string of the molecule is Cc1cccc(C)c1C1CCN(Cc2c(C(=O)NC3CCCCC3)[nH]c3ccccc23)CC1. The second-order valence-electron chi connectivity index (χ2n) is 10.2. The van der Waals surface area contributed by atoms with E-state index in [0.717, 1.165) is 49.2 Å². The monoisotopic (exact) mass is 443 g/mol. The number of H-pyrrole nitrogens is 1. The number of amides is 1. The number of hydrogen-bond acceptors (Lipinski definition) is 2. The maximum absolute atomic E-state index is 13.3. The van der Waals surface area contributed by atoms with E-state index in [1.165, 1.54) is 48.6 Å². The van der Waals surface area contributed by atoms with Gasteiger partial charge in [0, 0.05) is 29.1 Å². The molecule has 0 bridgehead atoms. The van der Waals surface area contributed by atoms with E-state index in [2.05, 4.69) is 65.4 Å². The Hall–Kier alpha value is -2.59. The Morgan fingerprint density at radius 3 is 2.36 bits per heavy atom. The molecular formula is C29H37N3O. The third-order valence-corrected chi connectivity index (χ3v) is 7.90. The first-order chi connectivity index (χ1) is 16.1. The molecule has 0 spiro atoms. The normalized spacial score (nSPS) is 18.6. The van der Waals surface area contributed by atoms with Crippen molar-refractivity contribution in [3.63, 3.8) is 0 Å². The lowest BCUT2D eigenvalue weighted by atomic mass is 9.84. The van der Waals surface area contributed by atoms with Crippen LogP contribution < -0.4 is 5.32 Å². The smallest absolute Gasteiger partial charge is 0.268 e. The molecule has 1 aromatic heterocycles. The highest BCUT2D eigenvalue weighted by molar-refractivity contribution is 6.01. The number of benzene rings is 2. The van der Waals surface area contributed by atoms with E-state index in [4.69, 9.17) is 0 Å². The first-order valence-corrected chi connectivity index (χ1v) is 12.8. The van der Waals surface area contributed by atoms with Crippen LogP contribution in [0.3, 0.4) is 0 Å². The van der Waals surface area contributed by atoms with Crippen molar-refractivity contribution in [2.45, 2.75) is 77.3 Å². The predicted octanol–water partition coefficient (Wildman–Crippen LogP) is 6.23. The molecule has 5 rings (SSSR count). The number of aromatic nitrogens is 1. The van der Waals surface area contributed by atoms with Crippen molar-refractivity contribution < 1.29 is 4.79 Å². The summed E-state index contributed by atoms with van der Waals surface area (Å²) in [5.41, 5.74) is 7.38. The second kappa shape index (κ2) is 9.72. The third kappa shape index (κ3) is 4.72. The van der Waals surface area contributed by atoms with Gasteiger partial charge in [0.1, 0.15) is 5.69 Å². The van der Waals surface area contributed by atoms with Gasteiger partial charge in [-0.15, -0.1) is 0 Å². The van der Waals surface area contributed by atoms with E-state index in [1.54, 1.807) is 5.56 Å². The first-order valence-electron chi connectivity index (χ1n) is 12.8. The lowest BCUT2D eigenvalue weighted by Gasteiger charge is -2.33. The quantitative estimate of drug-likeness (QED) is 0.491. The molecule has 0 atom stereocenters. The average Bonchev–Trinajstić information content (AvgIpc) is 3.19. The fourth-order valence-electron chi connectivity index (χ4n) is 6.14. The minimum Gasteiger partial charge on any atom is -0.350 e. The summed E-state index contributed by atoms with van der Waals surface area (Å²) in [7, 11) is 0. The Labute approximate surface area is 197 Å². The molecule has 2 aliphatic rings. The predicted molar refractivity (Wildman–Crippen MR) is 136 cm³/mol. The largest absolute Gasteiger partial charge is 0.350 e. The number of hydrogen-bond donors (Lipinski definition) is 2. The standard InChI is InChI=1S/C29H37N3O/c1-20-9-8-10-21(2)27(20)22-15-17-32(18-16-22)19-25-24-13-6-7-14-26(24)31-28(25)29(33)30-23-11-4-3-5-12-23/h6-10,13-14,22-23,31H,3-5,11-12,15-19H2,1-2H3,(H,30,33). The summed E-state index contributed by atoms with van der Waals surface area (Å²) in [4.78, 5) is 19.3. The molecule has 4 nitrogen and oxygen atoms in total. The Bertz CT molecular complexity index is 1100. The molecule has 33 heavy (non-hydrogen) atoms. The Morgan fingerprint density at radius 2 is 1.64 bits per heavy atom. The van der Waals surface area contributed by atoms with Crippen molar-refractivity contribution in [1.82, 2.24) is 15.2 Å². The Morgan fingerprint density at radius 1 is 0.939 bits per heavy atom. The van der Waals surface area contributed by atoms with Gasteiger partial charge in [-0.25, -0.2) is 0 Å². The highest BCUT2D eigenvalue weighted by Gasteiger charge is 2.26. The molecule has 0 radical (unpaired) electrons. The lowest BCUT2D eigenvalue weighted by Crippen LogP contribution is -2.37. The molecule has 1 aliphatic heterocycles. The number of carbonyl (C=O) groups excluding carboxylic acids is 1. The molecule has 1 amide bonds. The van der Waals surface area contributed by atoms with E-state index >= 15 is 0 Å². The highest BCUT2D eigenvalue weighted by atomic mass is 16.2. The van der Waals surface area contributed by atoms with E-state index in [-0.39, 0.29) is 5.91 Å². The van der Waals surface area contributed by atoms with Crippen LogP contribution in [0, 0.1) is 13.8 Å². The van der Waals surface area contributed by atoms with Gasteiger partial charge in [-0.2, -0.15) is 0 Å². The Balaban J connectivity index is 1.32. The number of nitrogens with one attached hydrogen (secondary N) is 2. The van der Waals surface area contributed by atoms with Crippen LogP contribution in [0.1, 0.15) is 83.6 Å². The van der Waals surface area contributed by atoms with Gasteiger partial charge in [0.2, 0.25) is 0 Å². The summed E-state index contributed by atoms with van der Waals surface area (Å²) in [5, 5.41) is 4.51. The van der Waals surface area contributed by atoms with Crippen molar-refractivity contribution >= 4 is 16.8 Å². The van der Waals surface area contributed by atoms with Gasteiger partial charge in [0.05, 0.1) is 0 Å². The van der Waals surface area contributed by atoms with Crippen LogP contribution in [0.15, 0.2) is 42.5 Å². The maximum atomic E-state index is 13.3. The number of carbonyl (C=O) groups is 1. The molecule has 1 aliphatic carbocycles. The summed E-state index contributed by atoms with van der Waals surface area (Å²) >= 11 is 0. The molecule has 174 valence electrons.